The summed E-state index contributed by atoms with van der Waals surface area (Å²) in [6.07, 6.45) is 0. The molecule has 0 radical (unpaired) electrons. The van der Waals surface area contributed by atoms with Crippen LogP contribution in [0.2, 0.25) is 10.0 Å². The van der Waals surface area contributed by atoms with Crippen LogP contribution in [0.15, 0.2) is 23.6 Å². The first-order chi connectivity index (χ1) is 11.0. The van der Waals surface area contributed by atoms with Crippen LogP contribution in [-0.4, -0.2) is 34.8 Å². The van der Waals surface area contributed by atoms with Crippen LogP contribution in [0.5, 0.6) is 0 Å². The van der Waals surface area contributed by atoms with Gasteiger partial charge in [0.1, 0.15) is 5.69 Å². The van der Waals surface area contributed by atoms with Crippen molar-refractivity contribution in [1.29, 1.82) is 0 Å². The lowest BCUT2D eigenvalue weighted by molar-refractivity contribution is 0.0767. The lowest BCUT2D eigenvalue weighted by Gasteiger charge is -2.16. The summed E-state index contributed by atoms with van der Waals surface area (Å²) in [5.41, 5.74) is 0.610. The molecule has 0 aliphatic rings. The van der Waals surface area contributed by atoms with Gasteiger partial charge in [-0.15, -0.1) is 11.3 Å². The Labute approximate surface area is 148 Å². The van der Waals surface area contributed by atoms with E-state index in [-0.39, 0.29) is 10.9 Å². The normalized spacial score (nSPS) is 10.4. The average molecular weight is 372 g/mol. The highest BCUT2D eigenvalue weighted by atomic mass is 35.5. The summed E-state index contributed by atoms with van der Waals surface area (Å²) in [5, 5.41) is 5.31. The molecule has 1 aromatic heterocycles. The Kier molecular flexibility index (Phi) is 5.98. The lowest BCUT2D eigenvalue weighted by atomic mass is 10.2. The molecule has 5 nitrogen and oxygen atoms in total. The van der Waals surface area contributed by atoms with E-state index < -0.39 is 5.91 Å². The van der Waals surface area contributed by atoms with Gasteiger partial charge < -0.3 is 4.90 Å². The van der Waals surface area contributed by atoms with Crippen LogP contribution in [0, 0.1) is 0 Å². The van der Waals surface area contributed by atoms with Crippen LogP contribution in [0.3, 0.4) is 0 Å². The van der Waals surface area contributed by atoms with Crippen LogP contribution in [0.25, 0.3) is 0 Å². The van der Waals surface area contributed by atoms with E-state index in [4.69, 9.17) is 23.2 Å². The van der Waals surface area contributed by atoms with Gasteiger partial charge in [0.25, 0.3) is 11.8 Å². The van der Waals surface area contributed by atoms with E-state index in [1.807, 2.05) is 13.8 Å². The van der Waals surface area contributed by atoms with Crippen molar-refractivity contribution in [2.24, 2.45) is 0 Å². The van der Waals surface area contributed by atoms with Crippen molar-refractivity contribution in [2.45, 2.75) is 13.8 Å². The van der Waals surface area contributed by atoms with Crippen molar-refractivity contribution in [3.63, 3.8) is 0 Å². The number of halogens is 2. The molecule has 1 heterocycles. The topological polar surface area (TPSA) is 62.3 Å². The van der Waals surface area contributed by atoms with Crippen LogP contribution < -0.4 is 5.32 Å². The van der Waals surface area contributed by atoms with Gasteiger partial charge in [0.05, 0.1) is 10.6 Å². The number of amides is 2. The minimum atomic E-state index is -0.400. The summed E-state index contributed by atoms with van der Waals surface area (Å²) in [7, 11) is 0. The molecule has 0 unspecified atom stereocenters. The zero-order valence-corrected chi connectivity index (χ0v) is 14.9. The number of hydrogen-bond donors (Lipinski definition) is 1. The summed E-state index contributed by atoms with van der Waals surface area (Å²) in [6.45, 7) is 5.02. The van der Waals surface area contributed by atoms with Crippen LogP contribution in [0.4, 0.5) is 5.13 Å². The van der Waals surface area contributed by atoms with E-state index in [2.05, 4.69) is 10.3 Å². The molecular formula is C15H15Cl2N3O2S. The molecule has 0 bridgehead atoms. The highest BCUT2D eigenvalue weighted by molar-refractivity contribution is 7.14. The Balaban J connectivity index is 2.12. The molecule has 1 N–H and O–H groups in total. The molecule has 0 aliphatic carbocycles. The fourth-order valence-electron chi connectivity index (χ4n) is 1.94. The van der Waals surface area contributed by atoms with Gasteiger partial charge in [0, 0.05) is 23.5 Å². The summed E-state index contributed by atoms with van der Waals surface area (Å²) >= 11 is 13.0. The molecule has 0 aliphatic heterocycles. The summed E-state index contributed by atoms with van der Waals surface area (Å²) < 4.78 is 0. The van der Waals surface area contributed by atoms with Gasteiger partial charge in [0.15, 0.2) is 5.13 Å². The first-order valence-corrected chi connectivity index (χ1v) is 8.61. The van der Waals surface area contributed by atoms with Crippen molar-refractivity contribution in [3.05, 3.63) is 44.9 Å². The Morgan fingerprint density at radius 1 is 1.26 bits per heavy atom. The number of benzene rings is 1. The molecule has 0 saturated heterocycles. The third-order valence-electron chi connectivity index (χ3n) is 3.17. The standard InChI is InChI=1S/C15H15Cl2N3O2S/c1-3-20(4-2)14(22)12-8-23-15(18-12)19-13(21)10-6-5-9(16)7-11(10)17/h5-8H,3-4H2,1-2H3,(H,18,19,21). The predicted molar refractivity (Wildman–Crippen MR) is 93.8 cm³/mol. The number of hydrogen-bond acceptors (Lipinski definition) is 4. The second-order valence-electron chi connectivity index (χ2n) is 4.59. The number of anilines is 1. The van der Waals surface area contributed by atoms with E-state index >= 15 is 0 Å². The highest BCUT2D eigenvalue weighted by Crippen LogP contribution is 2.23. The van der Waals surface area contributed by atoms with Crippen molar-refractivity contribution in [3.8, 4) is 0 Å². The largest absolute Gasteiger partial charge is 0.338 e. The van der Waals surface area contributed by atoms with E-state index in [1.165, 1.54) is 23.5 Å². The monoisotopic (exact) mass is 371 g/mol. The molecular weight excluding hydrogens is 357 g/mol. The molecule has 0 saturated carbocycles. The van der Waals surface area contributed by atoms with E-state index in [9.17, 15) is 9.59 Å². The Bertz CT molecular complexity index is 729. The molecule has 0 spiro atoms. The number of rotatable bonds is 5. The molecule has 23 heavy (non-hydrogen) atoms. The van der Waals surface area contributed by atoms with Crippen molar-refractivity contribution < 1.29 is 9.59 Å². The molecule has 0 atom stereocenters. The van der Waals surface area contributed by atoms with Crippen molar-refractivity contribution in [1.82, 2.24) is 9.88 Å². The average Bonchev–Trinajstić information content (AvgIpc) is 2.96. The molecule has 0 fully saturated rings. The number of aromatic nitrogens is 1. The van der Waals surface area contributed by atoms with E-state index in [0.29, 0.717) is 34.5 Å². The third-order valence-corrected chi connectivity index (χ3v) is 4.48. The highest BCUT2D eigenvalue weighted by Gasteiger charge is 2.18. The Morgan fingerprint density at radius 2 is 1.96 bits per heavy atom. The fourth-order valence-corrected chi connectivity index (χ4v) is 3.11. The molecule has 122 valence electrons. The van der Waals surface area contributed by atoms with Gasteiger partial charge in [-0.1, -0.05) is 23.2 Å². The zero-order valence-electron chi connectivity index (χ0n) is 12.6. The number of carbonyl (C=O) groups excluding carboxylic acids is 2. The van der Waals surface area contributed by atoms with Gasteiger partial charge in [-0.2, -0.15) is 0 Å². The third kappa shape index (κ3) is 4.22. The van der Waals surface area contributed by atoms with Crippen molar-refractivity contribution >= 4 is 51.5 Å². The molecule has 2 amide bonds. The SMILES string of the molecule is CCN(CC)C(=O)c1csc(NC(=O)c2ccc(Cl)cc2Cl)n1. The number of nitrogens with one attached hydrogen (secondary N) is 1. The van der Waals surface area contributed by atoms with Crippen LogP contribution in [0.1, 0.15) is 34.7 Å². The van der Waals surface area contributed by atoms with Gasteiger partial charge >= 0.3 is 0 Å². The zero-order chi connectivity index (χ0) is 17.0. The quantitative estimate of drug-likeness (QED) is 0.856. The first-order valence-electron chi connectivity index (χ1n) is 6.97. The predicted octanol–water partition coefficient (Wildman–Crippen LogP) is 4.18. The molecule has 1 aromatic carbocycles. The van der Waals surface area contributed by atoms with Crippen molar-refractivity contribution in [2.75, 3.05) is 18.4 Å². The van der Waals surface area contributed by atoms with Crippen LogP contribution in [-0.2, 0) is 0 Å². The second-order valence-corrected chi connectivity index (χ2v) is 6.30. The summed E-state index contributed by atoms with van der Waals surface area (Å²) in [5.74, 6) is -0.556. The van der Waals surface area contributed by atoms with Gasteiger partial charge in [-0.3, -0.25) is 14.9 Å². The minimum Gasteiger partial charge on any atom is -0.338 e. The Hall–Kier alpha value is -1.63. The smallest absolute Gasteiger partial charge is 0.273 e. The van der Waals surface area contributed by atoms with Gasteiger partial charge in [0.2, 0.25) is 0 Å². The lowest BCUT2D eigenvalue weighted by Crippen LogP contribution is -2.30. The Morgan fingerprint density at radius 3 is 2.57 bits per heavy atom. The molecule has 8 heteroatoms. The maximum Gasteiger partial charge on any atom is 0.273 e. The maximum absolute atomic E-state index is 12.2. The molecule has 2 rings (SSSR count). The second kappa shape index (κ2) is 7.77. The number of thiazole rings is 1. The van der Waals surface area contributed by atoms with Crippen LogP contribution >= 0.6 is 34.5 Å². The van der Waals surface area contributed by atoms with Gasteiger partial charge in [-0.25, -0.2) is 4.98 Å². The number of nitrogens with zero attached hydrogens (tertiary/aromatic N) is 2. The van der Waals surface area contributed by atoms with E-state index in [1.54, 1.807) is 16.3 Å². The fraction of sp³-hybridized carbons (Fsp3) is 0.267. The van der Waals surface area contributed by atoms with Gasteiger partial charge in [-0.05, 0) is 32.0 Å². The minimum absolute atomic E-state index is 0.156. The first kappa shape index (κ1) is 17.7. The molecule has 2 aromatic rings. The maximum atomic E-state index is 12.2. The summed E-state index contributed by atoms with van der Waals surface area (Å²) in [4.78, 5) is 30.2. The number of carbonyl (C=O) groups is 2. The van der Waals surface area contributed by atoms with E-state index in [0.717, 1.165) is 0 Å². The summed E-state index contributed by atoms with van der Waals surface area (Å²) in [6, 6.07) is 4.62.